The minimum Gasteiger partial charge on any atom is -0.454 e. The molecule has 0 N–H and O–H groups in total. The SMILES string of the molecule is CCCCCCCCCC(Oc1ccc(Br)c(Br)c1Br)Oc1ccc(Br)c(Br)c1Br. The van der Waals surface area contributed by atoms with Gasteiger partial charge in [0.25, 0.3) is 0 Å². The van der Waals surface area contributed by atoms with Gasteiger partial charge in [0.05, 0.1) is 8.95 Å². The Kier molecular flexibility index (Phi) is 12.9. The van der Waals surface area contributed by atoms with Crippen LogP contribution in [-0.4, -0.2) is 6.29 Å². The van der Waals surface area contributed by atoms with Crippen LogP contribution in [0.1, 0.15) is 58.3 Å². The van der Waals surface area contributed by atoms with E-state index >= 15 is 0 Å². The van der Waals surface area contributed by atoms with Gasteiger partial charge in [0.15, 0.2) is 0 Å². The van der Waals surface area contributed by atoms with Crippen molar-refractivity contribution >= 4 is 95.6 Å². The fourth-order valence-corrected chi connectivity index (χ4v) is 5.62. The Morgan fingerprint density at radius 3 is 1.50 bits per heavy atom. The zero-order chi connectivity index (χ0) is 22.1. The molecule has 0 saturated heterocycles. The second-order valence-corrected chi connectivity index (χ2v) is 11.8. The van der Waals surface area contributed by atoms with Crippen LogP contribution in [0.5, 0.6) is 11.5 Å². The van der Waals surface area contributed by atoms with Crippen molar-refractivity contribution in [1.82, 2.24) is 0 Å². The van der Waals surface area contributed by atoms with Crippen LogP contribution < -0.4 is 9.47 Å². The summed E-state index contributed by atoms with van der Waals surface area (Å²) in [6, 6.07) is 7.79. The maximum Gasteiger partial charge on any atom is 0.241 e. The molecule has 0 aromatic heterocycles. The highest BCUT2D eigenvalue weighted by molar-refractivity contribution is 9.15. The van der Waals surface area contributed by atoms with Crippen molar-refractivity contribution < 1.29 is 9.47 Å². The van der Waals surface area contributed by atoms with Crippen molar-refractivity contribution in [2.24, 2.45) is 0 Å². The van der Waals surface area contributed by atoms with E-state index in [0.717, 1.165) is 51.2 Å². The van der Waals surface area contributed by atoms with Crippen LogP contribution in [0.15, 0.2) is 51.1 Å². The summed E-state index contributed by atoms with van der Waals surface area (Å²) in [5.74, 6) is 1.48. The fourth-order valence-electron chi connectivity index (χ4n) is 2.89. The van der Waals surface area contributed by atoms with Gasteiger partial charge in [0.2, 0.25) is 6.29 Å². The Morgan fingerprint density at radius 1 is 0.600 bits per heavy atom. The van der Waals surface area contributed by atoms with Crippen LogP contribution in [0.3, 0.4) is 0 Å². The molecule has 0 heterocycles. The van der Waals surface area contributed by atoms with E-state index in [1.165, 1.54) is 38.5 Å². The Bertz CT molecular complexity index is 768. The number of rotatable bonds is 12. The minimum atomic E-state index is -0.394. The van der Waals surface area contributed by atoms with Crippen LogP contribution in [-0.2, 0) is 0 Å². The van der Waals surface area contributed by atoms with Gasteiger partial charge in [-0.05, 0) is 126 Å². The summed E-state index contributed by atoms with van der Waals surface area (Å²) < 4.78 is 18.1. The molecule has 0 amide bonds. The normalized spacial score (nSPS) is 11.2. The zero-order valence-electron chi connectivity index (χ0n) is 16.6. The lowest BCUT2D eigenvalue weighted by Gasteiger charge is -2.23. The fraction of sp³-hybridized carbons (Fsp3) is 0.455. The van der Waals surface area contributed by atoms with Crippen LogP contribution in [0, 0.1) is 0 Å². The summed E-state index contributed by atoms with van der Waals surface area (Å²) in [5, 5.41) is 0. The maximum atomic E-state index is 6.29. The van der Waals surface area contributed by atoms with Crippen molar-refractivity contribution in [3.63, 3.8) is 0 Å². The van der Waals surface area contributed by atoms with E-state index < -0.39 is 6.29 Å². The largest absolute Gasteiger partial charge is 0.454 e. The molecular formula is C22H24Br6O2. The number of hydrogen-bond donors (Lipinski definition) is 0. The molecule has 2 aromatic carbocycles. The van der Waals surface area contributed by atoms with Crippen LogP contribution in [0.2, 0.25) is 0 Å². The lowest BCUT2D eigenvalue weighted by Crippen LogP contribution is -2.24. The summed E-state index contributed by atoms with van der Waals surface area (Å²) in [4.78, 5) is 0. The van der Waals surface area contributed by atoms with Crippen molar-refractivity contribution in [2.75, 3.05) is 0 Å². The van der Waals surface area contributed by atoms with E-state index in [1.54, 1.807) is 0 Å². The smallest absolute Gasteiger partial charge is 0.241 e. The first-order chi connectivity index (χ1) is 14.3. The van der Waals surface area contributed by atoms with Crippen LogP contribution in [0.4, 0.5) is 0 Å². The Hall–Kier alpha value is 0.920. The molecule has 0 saturated carbocycles. The quantitative estimate of drug-likeness (QED) is 0.121. The molecule has 2 aromatic rings. The molecule has 0 aliphatic heterocycles. The summed E-state index contributed by atoms with van der Waals surface area (Å²) in [5.41, 5.74) is 0. The van der Waals surface area contributed by atoms with E-state index in [1.807, 2.05) is 24.3 Å². The van der Waals surface area contributed by atoms with E-state index in [-0.39, 0.29) is 0 Å². The average molecular weight is 800 g/mol. The number of halogens is 6. The molecule has 0 spiro atoms. The van der Waals surface area contributed by atoms with Gasteiger partial charge in [-0.3, -0.25) is 0 Å². The van der Waals surface area contributed by atoms with Gasteiger partial charge in [-0.2, -0.15) is 0 Å². The third kappa shape index (κ3) is 8.36. The first-order valence-electron chi connectivity index (χ1n) is 9.95. The van der Waals surface area contributed by atoms with Gasteiger partial charge in [-0.25, -0.2) is 0 Å². The van der Waals surface area contributed by atoms with Gasteiger partial charge >= 0.3 is 0 Å². The standard InChI is InChI=1S/C22H24Br6O2/c1-2-3-4-5-6-7-8-9-18(29-16-12-10-14(23)19(25)21(16)27)30-17-13-11-15(24)20(26)22(17)28/h10-13,18H,2-9H2,1H3. The zero-order valence-corrected chi connectivity index (χ0v) is 26.1. The monoisotopic (exact) mass is 794 g/mol. The average Bonchev–Trinajstić information content (AvgIpc) is 2.73. The molecule has 0 fully saturated rings. The van der Waals surface area contributed by atoms with E-state index in [4.69, 9.17) is 9.47 Å². The molecule has 8 heteroatoms. The lowest BCUT2D eigenvalue weighted by atomic mass is 10.1. The van der Waals surface area contributed by atoms with E-state index in [2.05, 4.69) is 103 Å². The van der Waals surface area contributed by atoms with Crippen LogP contribution in [0.25, 0.3) is 0 Å². The van der Waals surface area contributed by atoms with Gasteiger partial charge < -0.3 is 9.47 Å². The predicted octanol–water partition coefficient (Wildman–Crippen LogP) is 11.2. The molecule has 30 heavy (non-hydrogen) atoms. The Labute approximate surface area is 230 Å². The first-order valence-corrected chi connectivity index (χ1v) is 14.7. The predicted molar refractivity (Wildman–Crippen MR) is 147 cm³/mol. The third-order valence-electron chi connectivity index (χ3n) is 4.56. The van der Waals surface area contributed by atoms with Crippen LogP contribution >= 0.6 is 95.6 Å². The van der Waals surface area contributed by atoms with Gasteiger partial charge in [0.1, 0.15) is 11.5 Å². The van der Waals surface area contributed by atoms with Crippen molar-refractivity contribution in [1.29, 1.82) is 0 Å². The third-order valence-corrected chi connectivity index (χ3v) is 11.2. The number of unbranched alkanes of at least 4 members (excludes halogenated alkanes) is 6. The highest BCUT2D eigenvalue weighted by Gasteiger charge is 2.19. The molecule has 2 nitrogen and oxygen atoms in total. The second kappa shape index (κ2) is 14.2. The number of hydrogen-bond acceptors (Lipinski definition) is 2. The van der Waals surface area contributed by atoms with Crippen molar-refractivity contribution in [2.45, 2.75) is 64.6 Å². The van der Waals surface area contributed by atoms with Gasteiger partial charge in [-0.1, -0.05) is 45.4 Å². The molecule has 2 rings (SSSR count). The highest BCUT2D eigenvalue weighted by Crippen LogP contribution is 2.40. The summed E-state index contributed by atoms with van der Waals surface area (Å²) in [6.45, 7) is 2.25. The Morgan fingerprint density at radius 2 is 1.03 bits per heavy atom. The van der Waals surface area contributed by atoms with E-state index in [0.29, 0.717) is 0 Å². The summed E-state index contributed by atoms with van der Waals surface area (Å²) in [6.07, 6.45) is 9.15. The topological polar surface area (TPSA) is 18.5 Å². The molecule has 0 bridgehead atoms. The Balaban J connectivity index is 2.08. The second-order valence-electron chi connectivity index (χ2n) is 6.92. The van der Waals surface area contributed by atoms with Crippen molar-refractivity contribution in [3.8, 4) is 11.5 Å². The maximum absolute atomic E-state index is 6.29. The molecule has 0 unspecified atom stereocenters. The summed E-state index contributed by atoms with van der Waals surface area (Å²) in [7, 11) is 0. The molecule has 0 radical (unpaired) electrons. The molecule has 0 aliphatic rings. The molecule has 0 aliphatic carbocycles. The molecule has 166 valence electrons. The first kappa shape index (κ1) is 27.2. The van der Waals surface area contributed by atoms with Crippen molar-refractivity contribution in [3.05, 3.63) is 51.1 Å². The number of ether oxygens (including phenoxy) is 2. The van der Waals surface area contributed by atoms with E-state index in [9.17, 15) is 0 Å². The minimum absolute atomic E-state index is 0.394. The molecule has 0 atom stereocenters. The molecular weight excluding hydrogens is 776 g/mol. The van der Waals surface area contributed by atoms with Gasteiger partial charge in [-0.15, -0.1) is 0 Å². The highest BCUT2D eigenvalue weighted by atomic mass is 79.9. The van der Waals surface area contributed by atoms with Gasteiger partial charge in [0, 0.05) is 24.3 Å². The number of benzene rings is 2. The summed E-state index contributed by atoms with van der Waals surface area (Å²) >= 11 is 21.4. The lowest BCUT2D eigenvalue weighted by molar-refractivity contribution is -0.00368.